The van der Waals surface area contributed by atoms with Crippen molar-refractivity contribution in [2.24, 2.45) is 0 Å². The lowest BCUT2D eigenvalue weighted by atomic mass is 10.0. The van der Waals surface area contributed by atoms with Crippen LogP contribution in [0.5, 0.6) is 5.75 Å². The van der Waals surface area contributed by atoms with E-state index in [0.717, 1.165) is 21.9 Å². The summed E-state index contributed by atoms with van der Waals surface area (Å²) in [5.74, 6) is 1.03. The van der Waals surface area contributed by atoms with E-state index in [1.807, 2.05) is 48.5 Å². The van der Waals surface area contributed by atoms with Gasteiger partial charge in [-0.05, 0) is 47.3 Å². The van der Waals surface area contributed by atoms with Gasteiger partial charge in [-0.3, -0.25) is 4.98 Å². The van der Waals surface area contributed by atoms with Crippen molar-refractivity contribution in [1.29, 1.82) is 0 Å². The average molecular weight is 458 g/mol. The molecule has 5 aromatic rings. The molecule has 33 heavy (non-hydrogen) atoms. The van der Waals surface area contributed by atoms with E-state index in [1.165, 1.54) is 6.07 Å². The Labute approximate surface area is 194 Å². The van der Waals surface area contributed by atoms with Crippen LogP contribution in [-0.2, 0) is 13.2 Å². The van der Waals surface area contributed by atoms with Gasteiger partial charge in [-0.15, -0.1) is 0 Å². The molecule has 0 aliphatic rings. The van der Waals surface area contributed by atoms with Crippen molar-refractivity contribution in [2.75, 3.05) is 5.43 Å². The van der Waals surface area contributed by atoms with Crippen molar-refractivity contribution in [1.82, 2.24) is 19.9 Å². The van der Waals surface area contributed by atoms with E-state index in [4.69, 9.17) is 17.0 Å². The maximum absolute atomic E-state index is 14.1. The molecule has 0 atom stereocenters. The Bertz CT molecular complexity index is 1460. The van der Waals surface area contributed by atoms with Gasteiger partial charge < -0.3 is 10.2 Å². The molecule has 0 fully saturated rings. The minimum absolute atomic E-state index is 0.130. The molecule has 0 aliphatic carbocycles. The average Bonchev–Trinajstić information content (AvgIpc) is 3.23. The lowest BCUT2D eigenvalue weighted by molar-refractivity contribution is 0.297. The number of benzene rings is 3. The number of halogens is 1. The van der Waals surface area contributed by atoms with Crippen molar-refractivity contribution in [3.63, 3.8) is 0 Å². The van der Waals surface area contributed by atoms with Crippen LogP contribution >= 0.6 is 12.2 Å². The topological polar surface area (TPSA) is 67.8 Å². The smallest absolute Gasteiger partial charge is 0.214 e. The summed E-state index contributed by atoms with van der Waals surface area (Å²) < 4.78 is 22.4. The minimum Gasteiger partial charge on any atom is -0.488 e. The van der Waals surface area contributed by atoms with Crippen LogP contribution < -0.4 is 10.2 Å². The van der Waals surface area contributed by atoms with Crippen LogP contribution in [-0.4, -0.2) is 19.9 Å². The van der Waals surface area contributed by atoms with Gasteiger partial charge in [0.1, 0.15) is 18.2 Å². The first-order valence-corrected chi connectivity index (χ1v) is 10.8. The molecule has 2 N–H and O–H groups in total. The van der Waals surface area contributed by atoms with Crippen LogP contribution in [0.25, 0.3) is 22.2 Å². The normalized spacial score (nSPS) is 10.9. The Hall–Kier alpha value is -4.04. The molecule has 0 bridgehead atoms. The zero-order valence-corrected chi connectivity index (χ0v) is 18.3. The number of fused-ring (bicyclic) bond motifs is 1. The molecule has 0 aliphatic heterocycles. The third kappa shape index (κ3) is 4.33. The summed E-state index contributed by atoms with van der Waals surface area (Å²) in [5.41, 5.74) is 5.68. The SMILES string of the molecule is Fc1ccccc1COc1ccc2ccccc2c1CNn1c(-c2ccncc2)n[nH]c1=S. The molecule has 3 aromatic carbocycles. The van der Waals surface area contributed by atoms with Gasteiger partial charge >= 0.3 is 0 Å². The van der Waals surface area contributed by atoms with Crippen LogP contribution in [0.4, 0.5) is 4.39 Å². The number of aromatic nitrogens is 4. The van der Waals surface area contributed by atoms with Crippen LogP contribution in [0.2, 0.25) is 0 Å². The van der Waals surface area contributed by atoms with E-state index < -0.39 is 0 Å². The Morgan fingerprint density at radius 3 is 2.61 bits per heavy atom. The summed E-state index contributed by atoms with van der Waals surface area (Å²) in [4.78, 5) is 4.06. The highest BCUT2D eigenvalue weighted by Crippen LogP contribution is 2.29. The number of aromatic amines is 1. The second kappa shape index (κ2) is 9.22. The Balaban J connectivity index is 1.48. The molecule has 8 heteroatoms. The van der Waals surface area contributed by atoms with Crippen LogP contribution in [0, 0.1) is 10.6 Å². The fraction of sp³-hybridized carbons (Fsp3) is 0.0800. The highest BCUT2D eigenvalue weighted by atomic mass is 32.1. The molecule has 0 saturated carbocycles. The standard InChI is InChI=1S/C25H20FN5OS/c26-22-8-4-2-6-19(22)16-32-23-10-9-17-5-1-3-7-20(17)21(23)15-28-31-24(29-30-25(31)33)18-11-13-27-14-12-18/h1-14,28H,15-16H2,(H,30,33). The van der Waals surface area contributed by atoms with E-state index in [2.05, 4.69) is 20.6 Å². The minimum atomic E-state index is -0.287. The molecular weight excluding hydrogens is 437 g/mol. The number of rotatable bonds is 7. The quantitative estimate of drug-likeness (QED) is 0.311. The molecular formula is C25H20FN5OS. The second-order valence-corrected chi connectivity index (χ2v) is 7.79. The number of ether oxygens (including phenoxy) is 1. The highest BCUT2D eigenvalue weighted by molar-refractivity contribution is 7.71. The highest BCUT2D eigenvalue weighted by Gasteiger charge is 2.13. The van der Waals surface area contributed by atoms with E-state index in [0.29, 0.717) is 28.5 Å². The van der Waals surface area contributed by atoms with Gasteiger partial charge in [0.2, 0.25) is 4.77 Å². The van der Waals surface area contributed by atoms with Crippen LogP contribution in [0.15, 0.2) is 85.2 Å². The molecule has 6 nitrogen and oxygen atoms in total. The van der Waals surface area contributed by atoms with Gasteiger partial charge in [-0.2, -0.15) is 5.10 Å². The van der Waals surface area contributed by atoms with Crippen molar-refractivity contribution in [3.05, 3.63) is 107 Å². The Kier molecular flexibility index (Phi) is 5.82. The summed E-state index contributed by atoms with van der Waals surface area (Å²) in [6.07, 6.45) is 3.41. The lowest BCUT2D eigenvalue weighted by Crippen LogP contribution is -2.17. The van der Waals surface area contributed by atoms with Crippen LogP contribution in [0.3, 0.4) is 0 Å². The first-order chi connectivity index (χ1) is 16.2. The summed E-state index contributed by atoms with van der Waals surface area (Å²) in [7, 11) is 0. The molecule has 0 unspecified atom stereocenters. The first kappa shape index (κ1) is 20.8. The molecule has 5 rings (SSSR count). The first-order valence-electron chi connectivity index (χ1n) is 10.4. The van der Waals surface area contributed by atoms with E-state index >= 15 is 0 Å². The van der Waals surface area contributed by atoms with Gasteiger partial charge in [0, 0.05) is 29.1 Å². The predicted molar refractivity (Wildman–Crippen MR) is 128 cm³/mol. The molecule has 0 saturated heterocycles. The van der Waals surface area contributed by atoms with E-state index in [1.54, 1.807) is 35.3 Å². The van der Waals surface area contributed by atoms with Crippen molar-refractivity contribution in [3.8, 4) is 17.1 Å². The molecule has 0 amide bonds. The van der Waals surface area contributed by atoms with E-state index in [9.17, 15) is 4.39 Å². The number of hydrogen-bond acceptors (Lipinski definition) is 5. The predicted octanol–water partition coefficient (Wildman–Crippen LogP) is 5.62. The molecule has 0 spiro atoms. The lowest BCUT2D eigenvalue weighted by Gasteiger charge is -2.17. The number of H-pyrrole nitrogens is 1. The number of nitrogens with zero attached hydrogens (tertiary/aromatic N) is 3. The fourth-order valence-electron chi connectivity index (χ4n) is 3.70. The number of pyridine rings is 1. The largest absolute Gasteiger partial charge is 0.488 e. The van der Waals surface area contributed by atoms with Gasteiger partial charge in [0.15, 0.2) is 5.82 Å². The molecule has 2 aromatic heterocycles. The van der Waals surface area contributed by atoms with Gasteiger partial charge in [-0.1, -0.05) is 48.5 Å². The zero-order chi connectivity index (χ0) is 22.6. The van der Waals surface area contributed by atoms with Crippen LogP contribution in [0.1, 0.15) is 11.1 Å². The molecule has 2 heterocycles. The Morgan fingerprint density at radius 2 is 1.76 bits per heavy atom. The second-order valence-electron chi connectivity index (χ2n) is 7.40. The van der Waals surface area contributed by atoms with Crippen molar-refractivity contribution < 1.29 is 9.13 Å². The maximum atomic E-state index is 14.1. The summed E-state index contributed by atoms with van der Waals surface area (Å²) in [5, 5.41) is 9.31. The van der Waals surface area contributed by atoms with E-state index in [-0.39, 0.29) is 12.4 Å². The maximum Gasteiger partial charge on any atom is 0.214 e. The third-order valence-corrected chi connectivity index (χ3v) is 5.64. The summed E-state index contributed by atoms with van der Waals surface area (Å²) in [6.45, 7) is 0.547. The number of hydrogen-bond donors (Lipinski definition) is 2. The van der Waals surface area contributed by atoms with Crippen molar-refractivity contribution >= 4 is 23.0 Å². The number of nitrogens with one attached hydrogen (secondary N) is 2. The monoisotopic (exact) mass is 457 g/mol. The molecule has 164 valence electrons. The van der Waals surface area contributed by atoms with Gasteiger partial charge in [0.25, 0.3) is 0 Å². The van der Waals surface area contributed by atoms with Gasteiger partial charge in [0.05, 0.1) is 6.54 Å². The summed E-state index contributed by atoms with van der Waals surface area (Å²) >= 11 is 5.44. The van der Waals surface area contributed by atoms with Gasteiger partial charge in [-0.25, -0.2) is 14.2 Å². The fourth-order valence-corrected chi connectivity index (χ4v) is 3.90. The zero-order valence-electron chi connectivity index (χ0n) is 17.5. The summed E-state index contributed by atoms with van der Waals surface area (Å²) in [6, 6.07) is 22.3. The molecule has 0 radical (unpaired) electrons. The Morgan fingerprint density at radius 1 is 0.970 bits per heavy atom. The van der Waals surface area contributed by atoms with Crippen molar-refractivity contribution in [2.45, 2.75) is 13.2 Å². The third-order valence-electron chi connectivity index (χ3n) is 5.36.